The molecule has 2 rings (SSSR count). The van der Waals surface area contributed by atoms with E-state index in [4.69, 9.17) is 11.6 Å². The van der Waals surface area contributed by atoms with Gasteiger partial charge in [0.2, 0.25) is 0 Å². The standard InChI is InChI=1S/C13H14ClFN2/c1-3-4-8-5-9-6-10(14)11(15)7-12(9)17-13(8)16-2/h5-7H,3-4H2,1-2H3,(H,16,17). The van der Waals surface area contributed by atoms with Gasteiger partial charge in [-0.1, -0.05) is 24.9 Å². The molecule has 0 saturated carbocycles. The van der Waals surface area contributed by atoms with Gasteiger partial charge in [-0.05, 0) is 24.1 Å². The van der Waals surface area contributed by atoms with Gasteiger partial charge in [0.15, 0.2) is 0 Å². The van der Waals surface area contributed by atoms with Crippen molar-refractivity contribution in [3.8, 4) is 0 Å². The van der Waals surface area contributed by atoms with Crippen LogP contribution < -0.4 is 5.32 Å². The van der Waals surface area contributed by atoms with Crippen LogP contribution in [0.2, 0.25) is 5.02 Å². The lowest BCUT2D eigenvalue weighted by Crippen LogP contribution is -1.99. The van der Waals surface area contributed by atoms with E-state index in [1.54, 1.807) is 6.07 Å². The number of rotatable bonds is 3. The number of fused-ring (bicyclic) bond motifs is 1. The van der Waals surface area contributed by atoms with Gasteiger partial charge in [0, 0.05) is 18.5 Å². The quantitative estimate of drug-likeness (QED) is 0.892. The monoisotopic (exact) mass is 252 g/mol. The Balaban J connectivity index is 2.65. The number of halogens is 2. The van der Waals surface area contributed by atoms with Crippen molar-refractivity contribution in [3.05, 3.63) is 34.6 Å². The third-order valence-electron chi connectivity index (χ3n) is 2.69. The van der Waals surface area contributed by atoms with E-state index < -0.39 is 5.82 Å². The predicted octanol–water partition coefficient (Wildman–Crippen LogP) is 4.02. The highest BCUT2D eigenvalue weighted by molar-refractivity contribution is 6.31. The van der Waals surface area contributed by atoms with Crippen LogP contribution in [-0.2, 0) is 6.42 Å². The first kappa shape index (κ1) is 12.1. The van der Waals surface area contributed by atoms with Gasteiger partial charge in [0.25, 0.3) is 0 Å². The zero-order chi connectivity index (χ0) is 12.4. The van der Waals surface area contributed by atoms with Crippen molar-refractivity contribution in [2.45, 2.75) is 19.8 Å². The summed E-state index contributed by atoms with van der Waals surface area (Å²) in [5.41, 5.74) is 1.75. The number of pyridine rings is 1. The lowest BCUT2D eigenvalue weighted by Gasteiger charge is -2.09. The van der Waals surface area contributed by atoms with Crippen LogP contribution in [0.25, 0.3) is 10.9 Å². The van der Waals surface area contributed by atoms with Gasteiger partial charge < -0.3 is 5.32 Å². The largest absolute Gasteiger partial charge is 0.373 e. The fourth-order valence-electron chi connectivity index (χ4n) is 1.89. The van der Waals surface area contributed by atoms with Crippen molar-refractivity contribution >= 4 is 28.3 Å². The molecule has 1 aromatic carbocycles. The average molecular weight is 253 g/mol. The zero-order valence-electron chi connectivity index (χ0n) is 9.85. The van der Waals surface area contributed by atoms with Crippen LogP contribution >= 0.6 is 11.6 Å². The van der Waals surface area contributed by atoms with Crippen LogP contribution in [0.1, 0.15) is 18.9 Å². The maximum Gasteiger partial charge on any atom is 0.143 e. The molecule has 0 aliphatic heterocycles. The SMILES string of the molecule is CCCc1cc2cc(Cl)c(F)cc2nc1NC. The fourth-order valence-corrected chi connectivity index (χ4v) is 2.06. The number of nitrogens with one attached hydrogen (secondary N) is 1. The summed E-state index contributed by atoms with van der Waals surface area (Å²) in [6.45, 7) is 2.11. The number of hydrogen-bond donors (Lipinski definition) is 1. The van der Waals surface area contributed by atoms with Crippen LogP contribution in [0.3, 0.4) is 0 Å². The molecule has 90 valence electrons. The van der Waals surface area contributed by atoms with Gasteiger partial charge in [-0.25, -0.2) is 9.37 Å². The van der Waals surface area contributed by atoms with Gasteiger partial charge in [-0.15, -0.1) is 0 Å². The molecule has 1 N–H and O–H groups in total. The van der Waals surface area contributed by atoms with Crippen LogP contribution in [0.5, 0.6) is 0 Å². The summed E-state index contributed by atoms with van der Waals surface area (Å²) < 4.78 is 13.3. The molecule has 0 aliphatic carbocycles. The summed E-state index contributed by atoms with van der Waals surface area (Å²) in [6.07, 6.45) is 1.98. The number of aromatic nitrogens is 1. The van der Waals surface area contributed by atoms with Gasteiger partial charge in [-0.3, -0.25) is 0 Å². The molecular formula is C13H14ClFN2. The first-order valence-corrected chi connectivity index (χ1v) is 6.00. The highest BCUT2D eigenvalue weighted by Crippen LogP contribution is 2.26. The Hall–Kier alpha value is -1.35. The maximum atomic E-state index is 13.3. The summed E-state index contributed by atoms with van der Waals surface area (Å²) >= 11 is 5.77. The van der Waals surface area contributed by atoms with Crippen molar-refractivity contribution in [2.75, 3.05) is 12.4 Å². The summed E-state index contributed by atoms with van der Waals surface area (Å²) in [4.78, 5) is 4.40. The molecule has 2 nitrogen and oxygen atoms in total. The number of nitrogens with zero attached hydrogens (tertiary/aromatic N) is 1. The molecule has 0 atom stereocenters. The Morgan fingerprint density at radius 3 is 2.76 bits per heavy atom. The molecule has 0 fully saturated rings. The second-order valence-corrected chi connectivity index (χ2v) is 4.36. The van der Waals surface area contributed by atoms with Crippen molar-refractivity contribution < 1.29 is 4.39 Å². The zero-order valence-corrected chi connectivity index (χ0v) is 10.6. The molecule has 0 radical (unpaired) electrons. The van der Waals surface area contributed by atoms with Crippen LogP contribution in [0, 0.1) is 5.82 Å². The molecule has 0 aliphatic rings. The maximum absolute atomic E-state index is 13.3. The van der Waals surface area contributed by atoms with Crippen molar-refractivity contribution in [1.82, 2.24) is 4.98 Å². The minimum absolute atomic E-state index is 0.138. The molecule has 17 heavy (non-hydrogen) atoms. The summed E-state index contributed by atoms with van der Waals surface area (Å²) in [5, 5.41) is 4.05. The molecule has 0 spiro atoms. The van der Waals surface area contributed by atoms with E-state index >= 15 is 0 Å². The smallest absolute Gasteiger partial charge is 0.143 e. The van der Waals surface area contributed by atoms with Gasteiger partial charge in [-0.2, -0.15) is 0 Å². The van der Waals surface area contributed by atoms with E-state index in [1.807, 2.05) is 13.1 Å². The number of benzene rings is 1. The summed E-state index contributed by atoms with van der Waals surface area (Å²) in [5.74, 6) is 0.373. The predicted molar refractivity (Wildman–Crippen MR) is 70.3 cm³/mol. The fraction of sp³-hybridized carbons (Fsp3) is 0.308. The minimum atomic E-state index is -0.433. The Bertz CT molecular complexity index is 555. The Labute approximate surface area is 105 Å². The first-order chi connectivity index (χ1) is 8.15. The van der Waals surface area contributed by atoms with Gasteiger partial charge in [0.1, 0.15) is 11.6 Å². The summed E-state index contributed by atoms with van der Waals surface area (Å²) in [6, 6.07) is 5.01. The van der Waals surface area contributed by atoms with E-state index in [0.29, 0.717) is 5.52 Å². The number of aryl methyl sites for hydroxylation is 1. The van der Waals surface area contributed by atoms with Crippen LogP contribution in [-0.4, -0.2) is 12.0 Å². The molecule has 0 amide bonds. The highest BCUT2D eigenvalue weighted by atomic mass is 35.5. The summed E-state index contributed by atoms with van der Waals surface area (Å²) in [7, 11) is 1.82. The van der Waals surface area contributed by atoms with Gasteiger partial charge in [0.05, 0.1) is 10.5 Å². The topological polar surface area (TPSA) is 24.9 Å². The van der Waals surface area contributed by atoms with Crippen LogP contribution in [0.4, 0.5) is 10.2 Å². The van der Waals surface area contributed by atoms with E-state index in [-0.39, 0.29) is 5.02 Å². The molecule has 4 heteroatoms. The number of anilines is 1. The third-order valence-corrected chi connectivity index (χ3v) is 2.98. The lowest BCUT2D eigenvalue weighted by atomic mass is 10.1. The van der Waals surface area contributed by atoms with Crippen molar-refractivity contribution in [3.63, 3.8) is 0 Å². The minimum Gasteiger partial charge on any atom is -0.373 e. The van der Waals surface area contributed by atoms with Crippen molar-refractivity contribution in [1.29, 1.82) is 0 Å². The molecule has 1 aromatic heterocycles. The van der Waals surface area contributed by atoms with E-state index in [1.165, 1.54) is 6.07 Å². The molecule has 2 aromatic rings. The highest BCUT2D eigenvalue weighted by Gasteiger charge is 2.08. The Kier molecular flexibility index (Phi) is 3.48. The second kappa shape index (κ2) is 4.88. The lowest BCUT2D eigenvalue weighted by molar-refractivity contribution is 0.630. The molecular weight excluding hydrogens is 239 g/mol. The van der Waals surface area contributed by atoms with Crippen molar-refractivity contribution in [2.24, 2.45) is 0 Å². The normalized spacial score (nSPS) is 10.8. The molecule has 0 bridgehead atoms. The Morgan fingerprint density at radius 2 is 2.12 bits per heavy atom. The van der Waals surface area contributed by atoms with Gasteiger partial charge >= 0.3 is 0 Å². The first-order valence-electron chi connectivity index (χ1n) is 5.62. The van der Waals surface area contributed by atoms with E-state index in [2.05, 4.69) is 17.2 Å². The van der Waals surface area contributed by atoms with Crippen LogP contribution in [0.15, 0.2) is 18.2 Å². The second-order valence-electron chi connectivity index (χ2n) is 3.96. The molecule has 0 unspecified atom stereocenters. The average Bonchev–Trinajstić information content (AvgIpc) is 2.31. The molecule has 1 heterocycles. The van der Waals surface area contributed by atoms with E-state index in [9.17, 15) is 4.39 Å². The number of hydrogen-bond acceptors (Lipinski definition) is 2. The third kappa shape index (κ3) is 2.34. The Morgan fingerprint density at radius 1 is 1.35 bits per heavy atom. The van der Waals surface area contributed by atoms with E-state index in [0.717, 1.165) is 29.6 Å². The molecule has 0 saturated heterocycles.